The minimum Gasteiger partial charge on any atom is -0.413 e. The molecule has 0 spiro atoms. The normalized spacial score (nSPS) is 14.8. The number of ether oxygens (including phenoxy) is 1. The number of rotatable bonds is 6. The van der Waals surface area contributed by atoms with Crippen molar-refractivity contribution in [2.45, 2.75) is 25.4 Å². The van der Waals surface area contributed by atoms with Crippen molar-refractivity contribution < 1.29 is 27.5 Å². The average molecular weight is 459 g/mol. The SMILES string of the molecule is O=C(Oc1ccc(Cc2ccc(C(F)(F)F)cc2)cc1)N1CCC(COn2ccnc2)CC1. The van der Waals surface area contributed by atoms with Crippen LogP contribution in [0.1, 0.15) is 29.5 Å². The van der Waals surface area contributed by atoms with E-state index in [2.05, 4.69) is 4.98 Å². The van der Waals surface area contributed by atoms with Crippen LogP contribution in [0.15, 0.2) is 67.3 Å². The molecule has 9 heteroatoms. The molecular weight excluding hydrogens is 435 g/mol. The number of hydrogen-bond donors (Lipinski definition) is 0. The maximum Gasteiger partial charge on any atom is 0.416 e. The lowest BCUT2D eigenvalue weighted by molar-refractivity contribution is -0.137. The molecule has 0 radical (unpaired) electrons. The predicted molar refractivity (Wildman–Crippen MR) is 115 cm³/mol. The first-order valence-corrected chi connectivity index (χ1v) is 10.7. The number of imidazole rings is 1. The van der Waals surface area contributed by atoms with Crippen molar-refractivity contribution >= 4 is 6.09 Å². The third-order valence-electron chi connectivity index (χ3n) is 5.63. The first-order valence-electron chi connectivity index (χ1n) is 10.7. The highest BCUT2D eigenvalue weighted by Crippen LogP contribution is 2.29. The molecule has 2 heterocycles. The Balaban J connectivity index is 1.23. The van der Waals surface area contributed by atoms with Crippen molar-refractivity contribution in [1.82, 2.24) is 14.6 Å². The molecule has 1 aromatic heterocycles. The Morgan fingerprint density at radius 3 is 2.21 bits per heavy atom. The number of aromatic nitrogens is 2. The highest BCUT2D eigenvalue weighted by Gasteiger charge is 2.30. The van der Waals surface area contributed by atoms with Crippen LogP contribution in [0.2, 0.25) is 0 Å². The lowest BCUT2D eigenvalue weighted by atomic mass is 9.98. The Labute approximate surface area is 189 Å². The number of piperidine rings is 1. The molecule has 4 rings (SSSR count). The van der Waals surface area contributed by atoms with E-state index >= 15 is 0 Å². The molecule has 3 aromatic rings. The van der Waals surface area contributed by atoms with E-state index in [-0.39, 0.29) is 6.09 Å². The Morgan fingerprint density at radius 1 is 1.00 bits per heavy atom. The first kappa shape index (κ1) is 22.7. The lowest BCUT2D eigenvalue weighted by Crippen LogP contribution is -2.41. The van der Waals surface area contributed by atoms with Gasteiger partial charge in [-0.25, -0.2) is 9.78 Å². The molecule has 1 saturated heterocycles. The molecule has 1 aliphatic heterocycles. The summed E-state index contributed by atoms with van der Waals surface area (Å²) < 4.78 is 45.1. The Hall–Kier alpha value is -3.49. The third-order valence-corrected chi connectivity index (χ3v) is 5.63. The van der Waals surface area contributed by atoms with Crippen molar-refractivity contribution in [2.75, 3.05) is 19.7 Å². The van der Waals surface area contributed by atoms with Gasteiger partial charge in [0.2, 0.25) is 0 Å². The second kappa shape index (κ2) is 9.97. The number of benzene rings is 2. The molecule has 0 atom stereocenters. The van der Waals surface area contributed by atoms with Gasteiger partial charge in [-0.3, -0.25) is 0 Å². The molecule has 174 valence electrons. The third kappa shape index (κ3) is 6.27. The number of alkyl halides is 3. The number of nitrogens with zero attached hydrogens (tertiary/aromatic N) is 3. The van der Waals surface area contributed by atoms with Crippen molar-refractivity contribution in [1.29, 1.82) is 0 Å². The minimum absolute atomic E-state index is 0.362. The summed E-state index contributed by atoms with van der Waals surface area (Å²) in [6, 6.07) is 12.1. The molecular formula is C24H24F3N3O3. The minimum atomic E-state index is -4.34. The smallest absolute Gasteiger partial charge is 0.413 e. The van der Waals surface area contributed by atoms with Gasteiger partial charge < -0.3 is 14.5 Å². The van der Waals surface area contributed by atoms with Gasteiger partial charge in [0.1, 0.15) is 18.7 Å². The highest BCUT2D eigenvalue weighted by atomic mass is 19.4. The fourth-order valence-electron chi connectivity index (χ4n) is 3.68. The molecule has 1 fully saturated rings. The van der Waals surface area contributed by atoms with E-state index in [1.54, 1.807) is 52.6 Å². The molecule has 1 amide bonds. The number of halogens is 3. The number of carbonyl (C=O) groups is 1. The van der Waals surface area contributed by atoms with Gasteiger partial charge in [-0.15, -0.1) is 0 Å². The van der Waals surface area contributed by atoms with Gasteiger partial charge in [-0.2, -0.15) is 17.9 Å². The predicted octanol–water partition coefficient (Wildman–Crippen LogP) is 4.83. The summed E-state index contributed by atoms with van der Waals surface area (Å²) >= 11 is 0. The summed E-state index contributed by atoms with van der Waals surface area (Å²) in [6.45, 7) is 1.77. The second-order valence-corrected chi connectivity index (χ2v) is 8.03. The Morgan fingerprint density at radius 2 is 1.64 bits per heavy atom. The molecule has 1 aliphatic rings. The molecule has 2 aromatic carbocycles. The van der Waals surface area contributed by atoms with Crippen molar-refractivity contribution in [3.63, 3.8) is 0 Å². The van der Waals surface area contributed by atoms with Crippen LogP contribution in [0.5, 0.6) is 5.75 Å². The van der Waals surface area contributed by atoms with E-state index < -0.39 is 11.7 Å². The van der Waals surface area contributed by atoms with E-state index in [0.29, 0.717) is 37.8 Å². The van der Waals surface area contributed by atoms with Gasteiger partial charge >= 0.3 is 12.3 Å². The molecule has 0 bridgehead atoms. The maximum absolute atomic E-state index is 12.7. The maximum atomic E-state index is 12.7. The van der Waals surface area contributed by atoms with Crippen LogP contribution in [0, 0.1) is 5.92 Å². The molecule has 0 saturated carbocycles. The second-order valence-electron chi connectivity index (χ2n) is 8.03. The standard InChI is InChI=1S/C24H24F3N3O3/c25-24(26,27)21-5-1-18(2-6-21)15-19-3-7-22(8-4-19)33-23(31)29-12-9-20(10-13-29)16-32-30-14-11-28-17-30/h1-8,11,14,17,20H,9-10,12-13,15-16H2. The molecule has 6 nitrogen and oxygen atoms in total. The van der Waals surface area contributed by atoms with Crippen LogP contribution in [-0.4, -0.2) is 40.4 Å². The van der Waals surface area contributed by atoms with Gasteiger partial charge in [0.05, 0.1) is 11.8 Å². The van der Waals surface area contributed by atoms with E-state index in [0.717, 1.165) is 36.1 Å². The van der Waals surface area contributed by atoms with Crippen molar-refractivity contribution in [2.24, 2.45) is 5.92 Å². The number of carbonyl (C=O) groups excluding carboxylic acids is 1. The number of likely N-dealkylation sites (tertiary alicyclic amines) is 1. The van der Waals surface area contributed by atoms with E-state index in [1.807, 2.05) is 0 Å². The molecule has 0 unspecified atom stereocenters. The van der Waals surface area contributed by atoms with Crippen LogP contribution in [-0.2, 0) is 12.6 Å². The van der Waals surface area contributed by atoms with Crippen LogP contribution >= 0.6 is 0 Å². The van der Waals surface area contributed by atoms with Crippen molar-refractivity contribution in [3.05, 3.63) is 83.9 Å². The van der Waals surface area contributed by atoms with Gasteiger partial charge in [-0.1, -0.05) is 24.3 Å². The molecule has 33 heavy (non-hydrogen) atoms. The fourth-order valence-corrected chi connectivity index (χ4v) is 3.68. The summed E-state index contributed by atoms with van der Waals surface area (Å²) in [4.78, 5) is 23.7. The summed E-state index contributed by atoms with van der Waals surface area (Å²) in [5, 5.41) is 0. The van der Waals surface area contributed by atoms with Crippen LogP contribution in [0.3, 0.4) is 0 Å². The zero-order valence-corrected chi connectivity index (χ0v) is 17.9. The van der Waals surface area contributed by atoms with E-state index in [9.17, 15) is 18.0 Å². The topological polar surface area (TPSA) is 56.6 Å². The summed E-state index contributed by atoms with van der Waals surface area (Å²) in [7, 11) is 0. The van der Waals surface area contributed by atoms with E-state index in [1.165, 1.54) is 12.1 Å². The van der Waals surface area contributed by atoms with E-state index in [4.69, 9.17) is 9.57 Å². The first-order chi connectivity index (χ1) is 15.9. The summed E-state index contributed by atoms with van der Waals surface area (Å²) in [5.41, 5.74) is 1.02. The molecule has 0 aliphatic carbocycles. The van der Waals surface area contributed by atoms with Crippen molar-refractivity contribution in [3.8, 4) is 5.75 Å². The van der Waals surface area contributed by atoms with Gasteiger partial charge in [-0.05, 0) is 60.6 Å². The quantitative estimate of drug-likeness (QED) is 0.530. The van der Waals surface area contributed by atoms with Gasteiger partial charge in [0.15, 0.2) is 0 Å². The number of amides is 1. The summed E-state index contributed by atoms with van der Waals surface area (Å²) in [6.07, 6.45) is 2.41. The van der Waals surface area contributed by atoms with Crippen LogP contribution in [0.25, 0.3) is 0 Å². The Kier molecular flexibility index (Phi) is 6.86. The van der Waals surface area contributed by atoms with Crippen LogP contribution < -0.4 is 9.57 Å². The highest BCUT2D eigenvalue weighted by molar-refractivity contribution is 5.70. The zero-order chi connectivity index (χ0) is 23.3. The largest absolute Gasteiger partial charge is 0.416 e. The van der Waals surface area contributed by atoms with Gasteiger partial charge in [0, 0.05) is 19.3 Å². The molecule has 0 N–H and O–H groups in total. The number of hydrogen-bond acceptors (Lipinski definition) is 4. The summed E-state index contributed by atoms with van der Waals surface area (Å²) in [5.74, 6) is 0.794. The zero-order valence-electron chi connectivity index (χ0n) is 17.9. The Bertz CT molecular complexity index is 1030. The fraction of sp³-hybridized carbons (Fsp3) is 0.333. The lowest BCUT2D eigenvalue weighted by Gasteiger charge is -2.30. The monoisotopic (exact) mass is 459 g/mol. The van der Waals surface area contributed by atoms with Crippen LogP contribution in [0.4, 0.5) is 18.0 Å². The van der Waals surface area contributed by atoms with Gasteiger partial charge in [0.25, 0.3) is 0 Å². The average Bonchev–Trinajstić information content (AvgIpc) is 3.33.